The minimum atomic E-state index is -0.609. The van der Waals surface area contributed by atoms with Crippen molar-refractivity contribution >= 4 is 22.7 Å². The van der Waals surface area contributed by atoms with Crippen LogP contribution in [0.4, 0.5) is 20.4 Å². The van der Waals surface area contributed by atoms with Gasteiger partial charge in [0.25, 0.3) is 0 Å². The third-order valence-electron chi connectivity index (χ3n) is 4.33. The van der Waals surface area contributed by atoms with Crippen LogP contribution >= 0.6 is 0 Å². The van der Waals surface area contributed by atoms with Crippen LogP contribution in [-0.2, 0) is 6.54 Å². The molecule has 2 aromatic heterocycles. The predicted octanol–water partition coefficient (Wildman–Crippen LogP) is 1.14. The smallest absolute Gasteiger partial charge is 0.222 e. The number of piperazine rings is 1. The number of anilines is 2. The molecule has 0 spiro atoms. The lowest BCUT2D eigenvalue weighted by atomic mass is 10.1. The number of hydrogen-bond acceptors (Lipinski definition) is 6. The third kappa shape index (κ3) is 2.86. The number of nitrogen functional groups attached to an aromatic ring is 1. The number of halogens is 2. The van der Waals surface area contributed by atoms with Crippen molar-refractivity contribution < 1.29 is 8.78 Å². The topological polar surface area (TPSA) is 84.9 Å². The van der Waals surface area contributed by atoms with Gasteiger partial charge in [0.1, 0.15) is 5.82 Å². The molecule has 0 saturated carbocycles. The normalized spacial score (nSPS) is 15.0. The van der Waals surface area contributed by atoms with Gasteiger partial charge >= 0.3 is 0 Å². The van der Waals surface area contributed by atoms with Gasteiger partial charge in [0.05, 0.1) is 23.8 Å². The summed E-state index contributed by atoms with van der Waals surface area (Å²) in [4.78, 5) is 9.91. The zero-order chi connectivity index (χ0) is 17.4. The largest absolute Gasteiger partial charge is 0.368 e. The molecule has 9 heteroatoms. The molecule has 1 aliphatic heterocycles. The first-order chi connectivity index (χ1) is 12.1. The SMILES string of the molecule is Nc1ncc2cnn(Cc3c(F)ccc(N4CCNCC4)c3F)c2n1. The average Bonchev–Trinajstić information content (AvgIpc) is 3.01. The van der Waals surface area contributed by atoms with E-state index in [-0.39, 0.29) is 18.1 Å². The Labute approximate surface area is 142 Å². The highest BCUT2D eigenvalue weighted by atomic mass is 19.1. The van der Waals surface area contributed by atoms with Gasteiger partial charge in [-0.05, 0) is 12.1 Å². The Morgan fingerprint density at radius 1 is 1.16 bits per heavy atom. The maximum Gasteiger partial charge on any atom is 0.222 e. The first-order valence-electron chi connectivity index (χ1n) is 8.00. The van der Waals surface area contributed by atoms with E-state index < -0.39 is 11.6 Å². The van der Waals surface area contributed by atoms with Gasteiger partial charge in [-0.3, -0.25) is 0 Å². The van der Waals surface area contributed by atoms with Crippen molar-refractivity contribution in [1.82, 2.24) is 25.1 Å². The molecule has 0 bridgehead atoms. The summed E-state index contributed by atoms with van der Waals surface area (Å²) in [7, 11) is 0. The van der Waals surface area contributed by atoms with E-state index in [0.717, 1.165) is 13.1 Å². The predicted molar refractivity (Wildman–Crippen MR) is 90.3 cm³/mol. The van der Waals surface area contributed by atoms with E-state index in [2.05, 4.69) is 20.4 Å². The Balaban J connectivity index is 1.72. The second-order valence-corrected chi connectivity index (χ2v) is 5.91. The number of fused-ring (bicyclic) bond motifs is 1. The fourth-order valence-corrected chi connectivity index (χ4v) is 3.03. The van der Waals surface area contributed by atoms with E-state index >= 15 is 0 Å². The van der Waals surface area contributed by atoms with Crippen molar-refractivity contribution in [3.05, 3.63) is 41.7 Å². The van der Waals surface area contributed by atoms with Crippen molar-refractivity contribution in [1.29, 1.82) is 0 Å². The van der Waals surface area contributed by atoms with Crippen molar-refractivity contribution in [3.8, 4) is 0 Å². The standard InChI is InChI=1S/C16H17F2N7/c17-12-1-2-13(24-5-3-20-4-6-24)14(18)11(12)9-25-15-10(8-22-25)7-21-16(19)23-15/h1-2,7-8,20H,3-6,9H2,(H2,19,21,23). The summed E-state index contributed by atoms with van der Waals surface area (Å²) in [5.41, 5.74) is 6.41. The molecule has 1 fully saturated rings. The molecule has 7 nitrogen and oxygen atoms in total. The first kappa shape index (κ1) is 15.7. The molecular formula is C16H17F2N7. The van der Waals surface area contributed by atoms with Crippen LogP contribution in [0.3, 0.4) is 0 Å². The van der Waals surface area contributed by atoms with E-state index in [9.17, 15) is 8.78 Å². The highest BCUT2D eigenvalue weighted by molar-refractivity contribution is 5.74. The molecule has 3 heterocycles. The lowest BCUT2D eigenvalue weighted by Gasteiger charge is -2.30. The number of nitrogens with two attached hydrogens (primary N) is 1. The third-order valence-corrected chi connectivity index (χ3v) is 4.33. The lowest BCUT2D eigenvalue weighted by molar-refractivity contribution is 0.524. The fourth-order valence-electron chi connectivity index (χ4n) is 3.03. The molecule has 3 aromatic rings. The van der Waals surface area contributed by atoms with E-state index in [1.54, 1.807) is 6.20 Å². The Kier molecular flexibility index (Phi) is 3.92. The summed E-state index contributed by atoms with van der Waals surface area (Å²) < 4.78 is 30.7. The summed E-state index contributed by atoms with van der Waals surface area (Å²) in [5.74, 6) is -1.08. The maximum absolute atomic E-state index is 15.0. The van der Waals surface area contributed by atoms with Gasteiger partial charge in [0.15, 0.2) is 11.5 Å². The highest BCUT2D eigenvalue weighted by Crippen LogP contribution is 2.26. The molecule has 0 atom stereocenters. The van der Waals surface area contributed by atoms with Gasteiger partial charge in [-0.2, -0.15) is 10.1 Å². The zero-order valence-electron chi connectivity index (χ0n) is 13.4. The van der Waals surface area contributed by atoms with Crippen LogP contribution < -0.4 is 16.0 Å². The van der Waals surface area contributed by atoms with E-state index in [1.165, 1.54) is 23.0 Å². The van der Waals surface area contributed by atoms with Crippen LogP contribution in [0.5, 0.6) is 0 Å². The molecule has 3 N–H and O–H groups in total. The molecule has 4 rings (SSSR count). The van der Waals surface area contributed by atoms with Crippen molar-refractivity contribution in [2.45, 2.75) is 6.54 Å². The highest BCUT2D eigenvalue weighted by Gasteiger charge is 2.21. The quantitative estimate of drug-likeness (QED) is 0.741. The van der Waals surface area contributed by atoms with Gasteiger partial charge < -0.3 is 16.0 Å². The van der Waals surface area contributed by atoms with Gasteiger partial charge in [0.2, 0.25) is 5.95 Å². The van der Waals surface area contributed by atoms with Crippen molar-refractivity contribution in [2.24, 2.45) is 0 Å². The van der Waals surface area contributed by atoms with Crippen LogP contribution in [-0.4, -0.2) is 45.9 Å². The number of nitrogens with one attached hydrogen (secondary N) is 1. The zero-order valence-corrected chi connectivity index (χ0v) is 13.4. The summed E-state index contributed by atoms with van der Waals surface area (Å²) in [5, 5.41) is 8.03. The second-order valence-electron chi connectivity index (χ2n) is 5.91. The van der Waals surface area contributed by atoms with Crippen LogP contribution in [0.1, 0.15) is 5.56 Å². The molecule has 1 saturated heterocycles. The van der Waals surface area contributed by atoms with Gasteiger partial charge in [-0.1, -0.05) is 0 Å². The molecule has 0 radical (unpaired) electrons. The summed E-state index contributed by atoms with van der Waals surface area (Å²) in [6.07, 6.45) is 3.08. The first-order valence-corrected chi connectivity index (χ1v) is 8.00. The van der Waals surface area contributed by atoms with Crippen LogP contribution in [0, 0.1) is 11.6 Å². The summed E-state index contributed by atoms with van der Waals surface area (Å²) >= 11 is 0. The lowest BCUT2D eigenvalue weighted by Crippen LogP contribution is -2.44. The Hall–Kier alpha value is -2.81. The minimum absolute atomic E-state index is 0.0433. The number of aromatic nitrogens is 4. The molecule has 1 aliphatic rings. The van der Waals surface area contributed by atoms with E-state index in [0.29, 0.717) is 29.8 Å². The molecule has 25 heavy (non-hydrogen) atoms. The second kappa shape index (κ2) is 6.25. The van der Waals surface area contributed by atoms with Gasteiger partial charge in [-0.15, -0.1) is 0 Å². The Morgan fingerprint density at radius 2 is 1.96 bits per heavy atom. The minimum Gasteiger partial charge on any atom is -0.368 e. The molecule has 1 aromatic carbocycles. The number of nitrogens with zero attached hydrogens (tertiary/aromatic N) is 5. The van der Waals surface area contributed by atoms with Gasteiger partial charge in [0, 0.05) is 37.9 Å². The van der Waals surface area contributed by atoms with E-state index in [1.807, 2.05) is 4.90 Å². The molecule has 0 amide bonds. The van der Waals surface area contributed by atoms with Crippen LogP contribution in [0.25, 0.3) is 11.0 Å². The summed E-state index contributed by atoms with van der Waals surface area (Å²) in [6.45, 7) is 2.82. The molecule has 0 unspecified atom stereocenters. The van der Waals surface area contributed by atoms with Crippen molar-refractivity contribution in [3.63, 3.8) is 0 Å². The molecule has 0 aliphatic carbocycles. The monoisotopic (exact) mass is 345 g/mol. The number of rotatable bonds is 3. The average molecular weight is 345 g/mol. The molecule has 130 valence electrons. The Morgan fingerprint density at radius 3 is 2.76 bits per heavy atom. The van der Waals surface area contributed by atoms with Gasteiger partial charge in [-0.25, -0.2) is 18.4 Å². The van der Waals surface area contributed by atoms with Crippen LogP contribution in [0.2, 0.25) is 0 Å². The summed E-state index contributed by atoms with van der Waals surface area (Å²) in [6, 6.07) is 2.78. The molecular weight excluding hydrogens is 328 g/mol. The maximum atomic E-state index is 15.0. The van der Waals surface area contributed by atoms with Crippen molar-refractivity contribution in [2.75, 3.05) is 36.8 Å². The van der Waals surface area contributed by atoms with Crippen LogP contribution in [0.15, 0.2) is 24.5 Å². The Bertz CT molecular complexity index is 918. The number of benzene rings is 1. The fraction of sp³-hybridized carbons (Fsp3) is 0.312. The van der Waals surface area contributed by atoms with E-state index in [4.69, 9.17) is 5.73 Å². The number of hydrogen-bond donors (Lipinski definition) is 2.